The maximum atomic E-state index is 5.54. The molecule has 0 radical (unpaired) electrons. The van der Waals surface area contributed by atoms with Crippen molar-refractivity contribution in [1.29, 1.82) is 0 Å². The first kappa shape index (κ1) is 12.9. The standard InChI is InChI=1S/C15H11Br2NO/c16-12-5-1-10(2-6-12)14-9-15(19-18-14)11-3-7-13(17)8-4-11/h1-8,15H,9H2/t15-/m1/s1. The predicted molar refractivity (Wildman–Crippen MR) is 83.3 cm³/mol. The lowest BCUT2D eigenvalue weighted by Gasteiger charge is -2.08. The van der Waals surface area contributed by atoms with Crippen molar-refractivity contribution in [1.82, 2.24) is 0 Å². The molecule has 0 saturated heterocycles. The van der Waals surface area contributed by atoms with Gasteiger partial charge in [-0.2, -0.15) is 0 Å². The van der Waals surface area contributed by atoms with Crippen LogP contribution in [0.2, 0.25) is 0 Å². The molecule has 4 heteroatoms. The van der Waals surface area contributed by atoms with Gasteiger partial charge in [0.05, 0.1) is 5.71 Å². The zero-order valence-corrected chi connectivity index (χ0v) is 13.2. The number of oxime groups is 1. The first-order valence-corrected chi connectivity index (χ1v) is 7.55. The zero-order chi connectivity index (χ0) is 13.2. The molecule has 3 rings (SSSR count). The minimum Gasteiger partial charge on any atom is -0.387 e. The maximum absolute atomic E-state index is 5.54. The molecule has 1 aliphatic rings. The molecule has 0 aromatic heterocycles. The molecule has 2 aromatic rings. The summed E-state index contributed by atoms with van der Waals surface area (Å²) in [5, 5.41) is 4.21. The van der Waals surface area contributed by atoms with Crippen molar-refractivity contribution in [2.75, 3.05) is 0 Å². The molecule has 2 aromatic carbocycles. The summed E-state index contributed by atoms with van der Waals surface area (Å²) in [5.74, 6) is 0. The van der Waals surface area contributed by atoms with E-state index in [9.17, 15) is 0 Å². The molecular weight excluding hydrogens is 370 g/mol. The van der Waals surface area contributed by atoms with Crippen LogP contribution in [-0.4, -0.2) is 5.71 Å². The van der Waals surface area contributed by atoms with E-state index in [0.717, 1.165) is 32.2 Å². The van der Waals surface area contributed by atoms with Crippen molar-refractivity contribution in [3.05, 3.63) is 68.6 Å². The number of benzene rings is 2. The lowest BCUT2D eigenvalue weighted by atomic mass is 10.0. The number of nitrogens with zero attached hydrogens (tertiary/aromatic N) is 1. The topological polar surface area (TPSA) is 21.6 Å². The second-order valence-corrected chi connectivity index (χ2v) is 6.23. The third kappa shape index (κ3) is 2.90. The van der Waals surface area contributed by atoms with Gasteiger partial charge in [0.15, 0.2) is 6.10 Å². The molecule has 0 bridgehead atoms. The fraction of sp³-hybridized carbons (Fsp3) is 0.133. The van der Waals surface area contributed by atoms with Crippen molar-refractivity contribution in [3.8, 4) is 0 Å². The normalized spacial score (nSPS) is 18.0. The summed E-state index contributed by atoms with van der Waals surface area (Å²) in [5.41, 5.74) is 3.27. The Balaban J connectivity index is 1.76. The molecule has 0 amide bonds. The van der Waals surface area contributed by atoms with E-state index >= 15 is 0 Å². The molecule has 0 unspecified atom stereocenters. The van der Waals surface area contributed by atoms with Crippen LogP contribution < -0.4 is 0 Å². The number of rotatable bonds is 2. The SMILES string of the molecule is Brc1ccc(C2=NO[C@@H](c3ccc(Br)cc3)C2)cc1. The summed E-state index contributed by atoms with van der Waals surface area (Å²) in [6.07, 6.45) is 0.829. The van der Waals surface area contributed by atoms with E-state index in [-0.39, 0.29) is 6.10 Å². The number of hydrogen-bond acceptors (Lipinski definition) is 2. The van der Waals surface area contributed by atoms with Crippen molar-refractivity contribution >= 4 is 37.6 Å². The number of halogens is 2. The molecule has 2 nitrogen and oxygen atoms in total. The van der Waals surface area contributed by atoms with E-state index in [4.69, 9.17) is 4.84 Å². The van der Waals surface area contributed by atoms with Crippen LogP contribution in [0.15, 0.2) is 62.6 Å². The largest absolute Gasteiger partial charge is 0.387 e. The fourth-order valence-corrected chi connectivity index (χ4v) is 2.58. The molecule has 1 atom stereocenters. The Labute approximate surface area is 128 Å². The van der Waals surface area contributed by atoms with E-state index in [1.807, 2.05) is 24.3 Å². The Bertz CT molecular complexity index is 605. The highest BCUT2D eigenvalue weighted by Gasteiger charge is 2.23. The summed E-state index contributed by atoms with van der Waals surface area (Å²) >= 11 is 6.87. The van der Waals surface area contributed by atoms with Gasteiger partial charge in [-0.25, -0.2) is 0 Å². The molecule has 0 fully saturated rings. The fourth-order valence-electron chi connectivity index (χ4n) is 2.05. The highest BCUT2D eigenvalue weighted by molar-refractivity contribution is 9.10. The Kier molecular flexibility index (Phi) is 3.71. The van der Waals surface area contributed by atoms with Gasteiger partial charge in [-0.15, -0.1) is 0 Å². The number of hydrogen-bond donors (Lipinski definition) is 0. The van der Waals surface area contributed by atoms with E-state index in [0.29, 0.717) is 0 Å². The first-order chi connectivity index (χ1) is 9.22. The third-order valence-electron chi connectivity index (χ3n) is 3.09. The molecule has 96 valence electrons. The second kappa shape index (κ2) is 5.47. The Hall–Kier alpha value is -1.13. The summed E-state index contributed by atoms with van der Waals surface area (Å²) in [6.45, 7) is 0. The Morgan fingerprint density at radius 3 is 2.11 bits per heavy atom. The summed E-state index contributed by atoms with van der Waals surface area (Å²) in [4.78, 5) is 5.54. The van der Waals surface area contributed by atoms with Crippen LogP contribution in [-0.2, 0) is 4.84 Å². The van der Waals surface area contributed by atoms with E-state index < -0.39 is 0 Å². The van der Waals surface area contributed by atoms with E-state index in [1.54, 1.807) is 0 Å². The molecule has 0 N–H and O–H groups in total. The monoisotopic (exact) mass is 379 g/mol. The van der Waals surface area contributed by atoms with E-state index in [2.05, 4.69) is 61.3 Å². The highest BCUT2D eigenvalue weighted by atomic mass is 79.9. The second-order valence-electron chi connectivity index (χ2n) is 4.39. The van der Waals surface area contributed by atoms with Crippen molar-refractivity contribution in [2.24, 2.45) is 5.16 Å². The summed E-state index contributed by atoms with van der Waals surface area (Å²) < 4.78 is 2.14. The van der Waals surface area contributed by atoms with Crippen LogP contribution >= 0.6 is 31.9 Å². The molecular formula is C15H11Br2NO. The summed E-state index contributed by atoms with van der Waals surface area (Å²) in [7, 11) is 0. The van der Waals surface area contributed by atoms with Crippen LogP contribution in [0, 0.1) is 0 Å². The molecule has 0 spiro atoms. The van der Waals surface area contributed by atoms with Gasteiger partial charge in [-0.1, -0.05) is 61.3 Å². The lowest BCUT2D eigenvalue weighted by molar-refractivity contribution is 0.0857. The third-order valence-corrected chi connectivity index (χ3v) is 4.15. The minimum atomic E-state index is 0.0201. The van der Waals surface area contributed by atoms with Gasteiger partial charge in [0.2, 0.25) is 0 Å². The van der Waals surface area contributed by atoms with E-state index in [1.165, 1.54) is 0 Å². The van der Waals surface area contributed by atoms with Gasteiger partial charge < -0.3 is 4.84 Å². The van der Waals surface area contributed by atoms with Gasteiger partial charge in [0.1, 0.15) is 0 Å². The average Bonchev–Trinajstić information content (AvgIpc) is 2.90. The van der Waals surface area contributed by atoms with Gasteiger partial charge in [0.25, 0.3) is 0 Å². The molecule has 1 aliphatic heterocycles. The minimum absolute atomic E-state index is 0.0201. The van der Waals surface area contributed by atoms with Crippen LogP contribution in [0.3, 0.4) is 0 Å². The van der Waals surface area contributed by atoms with Crippen molar-refractivity contribution in [3.63, 3.8) is 0 Å². The Morgan fingerprint density at radius 2 is 1.47 bits per heavy atom. The van der Waals surface area contributed by atoms with Crippen LogP contribution in [0.4, 0.5) is 0 Å². The van der Waals surface area contributed by atoms with Crippen LogP contribution in [0.25, 0.3) is 0 Å². The maximum Gasteiger partial charge on any atom is 0.158 e. The van der Waals surface area contributed by atoms with Gasteiger partial charge in [0, 0.05) is 15.4 Å². The molecule has 0 aliphatic carbocycles. The summed E-state index contributed by atoms with van der Waals surface area (Å²) in [6, 6.07) is 16.3. The van der Waals surface area contributed by atoms with Gasteiger partial charge in [-0.3, -0.25) is 0 Å². The zero-order valence-electron chi connectivity index (χ0n) is 10.0. The van der Waals surface area contributed by atoms with Crippen molar-refractivity contribution < 1.29 is 4.84 Å². The molecule has 0 saturated carbocycles. The smallest absolute Gasteiger partial charge is 0.158 e. The highest BCUT2D eigenvalue weighted by Crippen LogP contribution is 2.30. The molecule has 19 heavy (non-hydrogen) atoms. The predicted octanol–water partition coefficient (Wildman–Crippen LogP) is 5.08. The Morgan fingerprint density at radius 1 is 0.895 bits per heavy atom. The first-order valence-electron chi connectivity index (χ1n) is 5.96. The van der Waals surface area contributed by atoms with Gasteiger partial charge in [-0.05, 0) is 35.4 Å². The quantitative estimate of drug-likeness (QED) is 0.712. The molecule has 1 heterocycles. The average molecular weight is 381 g/mol. The van der Waals surface area contributed by atoms with Crippen LogP contribution in [0.5, 0.6) is 0 Å². The lowest BCUT2D eigenvalue weighted by Crippen LogP contribution is -2.01. The van der Waals surface area contributed by atoms with Crippen molar-refractivity contribution in [2.45, 2.75) is 12.5 Å². The van der Waals surface area contributed by atoms with Crippen LogP contribution in [0.1, 0.15) is 23.7 Å². The van der Waals surface area contributed by atoms with Gasteiger partial charge >= 0.3 is 0 Å².